The minimum atomic E-state index is -0.376. The Labute approximate surface area is 176 Å². The molecular formula is C22H25N3O3S. The average molecular weight is 412 g/mol. The van der Waals surface area contributed by atoms with Gasteiger partial charge in [0.1, 0.15) is 11.5 Å². The van der Waals surface area contributed by atoms with Gasteiger partial charge in [-0.3, -0.25) is 4.79 Å². The van der Waals surface area contributed by atoms with Crippen molar-refractivity contribution in [3.63, 3.8) is 0 Å². The van der Waals surface area contributed by atoms with Crippen LogP contribution in [0.1, 0.15) is 32.4 Å². The summed E-state index contributed by atoms with van der Waals surface area (Å²) in [5.41, 5.74) is 2.81. The molecule has 1 aliphatic rings. The molecule has 1 atom stereocenters. The number of rotatable bonds is 7. The van der Waals surface area contributed by atoms with Crippen molar-refractivity contribution in [3.05, 3.63) is 65.4 Å². The molecule has 0 spiro atoms. The van der Waals surface area contributed by atoms with Crippen molar-refractivity contribution < 1.29 is 14.3 Å². The number of carbonyl (C=O) groups is 1. The normalized spacial score (nSPS) is 16.0. The molecule has 1 aliphatic heterocycles. The van der Waals surface area contributed by atoms with Gasteiger partial charge in [0.15, 0.2) is 5.11 Å². The Balaban J connectivity index is 1.90. The second-order valence-electron chi connectivity index (χ2n) is 6.46. The Morgan fingerprint density at radius 3 is 2.45 bits per heavy atom. The van der Waals surface area contributed by atoms with Crippen LogP contribution >= 0.6 is 12.2 Å². The van der Waals surface area contributed by atoms with E-state index in [0.717, 1.165) is 11.3 Å². The number of ether oxygens (including phenoxy) is 2. The van der Waals surface area contributed by atoms with Crippen LogP contribution in [0.2, 0.25) is 0 Å². The van der Waals surface area contributed by atoms with Gasteiger partial charge < -0.3 is 25.4 Å². The van der Waals surface area contributed by atoms with Gasteiger partial charge in [-0.05, 0) is 62.8 Å². The topological polar surface area (TPSA) is 71.6 Å². The summed E-state index contributed by atoms with van der Waals surface area (Å²) in [7, 11) is 0. The Morgan fingerprint density at radius 2 is 1.76 bits per heavy atom. The Morgan fingerprint density at radius 1 is 1.07 bits per heavy atom. The Kier molecular flexibility index (Phi) is 6.72. The molecule has 2 aromatic rings. The number of hydrogen-bond donors (Lipinski definition) is 3. The van der Waals surface area contributed by atoms with E-state index >= 15 is 0 Å². The summed E-state index contributed by atoms with van der Waals surface area (Å²) in [5, 5.41) is 9.70. The van der Waals surface area contributed by atoms with E-state index in [0.29, 0.717) is 41.0 Å². The molecule has 1 amide bonds. The van der Waals surface area contributed by atoms with Gasteiger partial charge in [-0.15, -0.1) is 0 Å². The first-order valence-electron chi connectivity index (χ1n) is 9.57. The molecule has 0 fully saturated rings. The number of anilines is 1. The summed E-state index contributed by atoms with van der Waals surface area (Å²) in [5.74, 6) is 1.19. The molecule has 3 N–H and O–H groups in total. The Bertz CT molecular complexity index is 925. The highest BCUT2D eigenvalue weighted by Gasteiger charge is 2.30. The molecule has 6 nitrogen and oxygen atoms in total. The molecule has 7 heteroatoms. The van der Waals surface area contributed by atoms with Gasteiger partial charge in [-0.1, -0.05) is 24.3 Å². The Hall–Kier alpha value is -3.06. The van der Waals surface area contributed by atoms with Crippen LogP contribution in [0, 0.1) is 0 Å². The van der Waals surface area contributed by atoms with Crippen molar-refractivity contribution in [3.8, 4) is 11.5 Å². The first-order valence-corrected chi connectivity index (χ1v) is 9.98. The highest BCUT2D eigenvalue weighted by atomic mass is 32.1. The van der Waals surface area contributed by atoms with E-state index in [2.05, 4.69) is 16.0 Å². The first kappa shape index (κ1) is 20.7. The van der Waals surface area contributed by atoms with E-state index in [4.69, 9.17) is 21.7 Å². The average Bonchev–Trinajstić information content (AvgIpc) is 2.70. The molecule has 0 saturated carbocycles. The number of benzene rings is 2. The van der Waals surface area contributed by atoms with Crippen LogP contribution in [0.3, 0.4) is 0 Å². The summed E-state index contributed by atoms with van der Waals surface area (Å²) in [6, 6.07) is 14.7. The molecule has 1 heterocycles. The lowest BCUT2D eigenvalue weighted by molar-refractivity contribution is -0.113. The lowest BCUT2D eigenvalue weighted by atomic mass is 9.95. The van der Waals surface area contributed by atoms with Crippen molar-refractivity contribution in [1.82, 2.24) is 10.6 Å². The van der Waals surface area contributed by atoms with Crippen LogP contribution in [0.4, 0.5) is 5.69 Å². The largest absolute Gasteiger partial charge is 0.494 e. The second-order valence-corrected chi connectivity index (χ2v) is 6.86. The molecular weight excluding hydrogens is 386 g/mol. The number of hydrogen-bond acceptors (Lipinski definition) is 4. The third kappa shape index (κ3) is 4.86. The molecule has 0 aliphatic carbocycles. The summed E-state index contributed by atoms with van der Waals surface area (Å²) in [4.78, 5) is 13.2. The standard InChI is InChI=1S/C22H25N3O3S/c1-4-27-16-12-10-15(11-13-16)20-19(14(3)23-22(29)25-20)21(26)24-17-8-6-7-9-18(17)28-5-2/h6-13,20H,4-5H2,1-3H3,(H,24,26)(H2,23,25,29)/t20-/m0/s1. The van der Waals surface area contributed by atoms with Gasteiger partial charge in [0.05, 0.1) is 30.5 Å². The molecule has 152 valence electrons. The predicted octanol–water partition coefficient (Wildman–Crippen LogP) is 3.92. The number of para-hydroxylation sites is 2. The third-order valence-corrected chi connectivity index (χ3v) is 4.69. The number of carbonyl (C=O) groups excluding carboxylic acids is 1. The monoisotopic (exact) mass is 411 g/mol. The van der Waals surface area contributed by atoms with Crippen LogP contribution in [-0.2, 0) is 4.79 Å². The minimum absolute atomic E-state index is 0.226. The fraction of sp³-hybridized carbons (Fsp3) is 0.273. The van der Waals surface area contributed by atoms with Gasteiger partial charge in [0, 0.05) is 5.70 Å². The molecule has 0 bridgehead atoms. The zero-order chi connectivity index (χ0) is 20.8. The fourth-order valence-electron chi connectivity index (χ4n) is 3.21. The van der Waals surface area contributed by atoms with Gasteiger partial charge in [-0.2, -0.15) is 0 Å². The number of amides is 1. The SMILES string of the molecule is CCOc1ccc([C@@H]2NC(=S)NC(C)=C2C(=O)Nc2ccccc2OCC)cc1. The van der Waals surface area contributed by atoms with Crippen molar-refractivity contribution in [2.24, 2.45) is 0 Å². The van der Waals surface area contributed by atoms with Crippen LogP contribution < -0.4 is 25.4 Å². The molecule has 3 rings (SSSR count). The van der Waals surface area contributed by atoms with Gasteiger partial charge in [0.2, 0.25) is 0 Å². The maximum Gasteiger partial charge on any atom is 0.255 e. The fourth-order valence-corrected chi connectivity index (χ4v) is 3.48. The molecule has 29 heavy (non-hydrogen) atoms. The lowest BCUT2D eigenvalue weighted by Gasteiger charge is -2.30. The van der Waals surface area contributed by atoms with E-state index in [1.54, 1.807) is 0 Å². The maximum atomic E-state index is 13.2. The van der Waals surface area contributed by atoms with E-state index in [-0.39, 0.29) is 11.9 Å². The zero-order valence-corrected chi connectivity index (χ0v) is 17.6. The number of allylic oxidation sites excluding steroid dienone is 1. The molecule has 0 radical (unpaired) electrons. The van der Waals surface area contributed by atoms with E-state index in [1.807, 2.05) is 69.3 Å². The summed E-state index contributed by atoms with van der Waals surface area (Å²) < 4.78 is 11.1. The smallest absolute Gasteiger partial charge is 0.255 e. The maximum absolute atomic E-state index is 13.2. The van der Waals surface area contributed by atoms with Crippen LogP contribution in [0.25, 0.3) is 0 Å². The minimum Gasteiger partial charge on any atom is -0.494 e. The summed E-state index contributed by atoms with van der Waals surface area (Å²) in [6.45, 7) is 6.80. The second kappa shape index (κ2) is 9.43. The van der Waals surface area contributed by atoms with Crippen molar-refractivity contribution in [2.45, 2.75) is 26.8 Å². The lowest BCUT2D eigenvalue weighted by Crippen LogP contribution is -2.45. The van der Waals surface area contributed by atoms with Crippen molar-refractivity contribution in [2.75, 3.05) is 18.5 Å². The van der Waals surface area contributed by atoms with E-state index in [1.165, 1.54) is 0 Å². The third-order valence-electron chi connectivity index (χ3n) is 4.47. The van der Waals surface area contributed by atoms with Gasteiger partial charge >= 0.3 is 0 Å². The van der Waals surface area contributed by atoms with Crippen LogP contribution in [-0.4, -0.2) is 24.2 Å². The molecule has 0 saturated heterocycles. The molecule has 0 unspecified atom stereocenters. The van der Waals surface area contributed by atoms with Gasteiger partial charge in [0.25, 0.3) is 5.91 Å². The predicted molar refractivity (Wildman–Crippen MR) is 118 cm³/mol. The van der Waals surface area contributed by atoms with E-state index in [9.17, 15) is 4.79 Å². The molecule has 2 aromatic carbocycles. The number of thiocarbonyl (C=S) groups is 1. The highest BCUT2D eigenvalue weighted by Crippen LogP contribution is 2.31. The summed E-state index contributed by atoms with van der Waals surface area (Å²) >= 11 is 5.32. The first-order chi connectivity index (χ1) is 14.0. The van der Waals surface area contributed by atoms with Crippen LogP contribution in [0.15, 0.2) is 59.8 Å². The van der Waals surface area contributed by atoms with Gasteiger partial charge in [-0.25, -0.2) is 0 Å². The summed E-state index contributed by atoms with van der Waals surface area (Å²) in [6.07, 6.45) is 0. The highest BCUT2D eigenvalue weighted by molar-refractivity contribution is 7.80. The molecule has 0 aromatic heterocycles. The van der Waals surface area contributed by atoms with Crippen molar-refractivity contribution in [1.29, 1.82) is 0 Å². The quantitative estimate of drug-likeness (QED) is 0.600. The number of nitrogens with one attached hydrogen (secondary N) is 3. The van der Waals surface area contributed by atoms with Crippen LogP contribution in [0.5, 0.6) is 11.5 Å². The zero-order valence-electron chi connectivity index (χ0n) is 16.7. The van der Waals surface area contributed by atoms with Crippen molar-refractivity contribution >= 4 is 28.9 Å². The van der Waals surface area contributed by atoms with E-state index < -0.39 is 0 Å².